The minimum atomic E-state index is -3.64. The molecule has 1 aromatic heterocycles. The van der Waals surface area contributed by atoms with Gasteiger partial charge < -0.3 is 14.0 Å². The molecule has 0 aliphatic carbocycles. The number of carbonyl (C=O) groups is 1. The van der Waals surface area contributed by atoms with Gasteiger partial charge in [0.2, 0.25) is 10.0 Å². The van der Waals surface area contributed by atoms with Crippen molar-refractivity contribution in [3.63, 3.8) is 0 Å². The minimum absolute atomic E-state index is 0.0949. The van der Waals surface area contributed by atoms with Gasteiger partial charge in [0.25, 0.3) is 0 Å². The lowest BCUT2D eigenvalue weighted by atomic mass is 10.0. The number of ether oxygens (including phenoxy) is 2. The van der Waals surface area contributed by atoms with Crippen LogP contribution in [0.1, 0.15) is 23.7 Å². The molecular weight excluding hydrogens is 452 g/mol. The largest absolute Gasteiger partial charge is 0.465 e. The smallest absolute Gasteiger partial charge is 0.325 e. The highest BCUT2D eigenvalue weighted by Crippen LogP contribution is 2.30. The van der Waals surface area contributed by atoms with E-state index in [-0.39, 0.29) is 12.5 Å². The molecular formula is C26H30N2O5S. The summed E-state index contributed by atoms with van der Waals surface area (Å²) in [5.41, 5.74) is 4.48. The van der Waals surface area contributed by atoms with Crippen molar-refractivity contribution in [1.29, 1.82) is 0 Å². The van der Waals surface area contributed by atoms with Crippen molar-refractivity contribution >= 4 is 16.0 Å². The van der Waals surface area contributed by atoms with Crippen LogP contribution < -0.4 is 0 Å². The van der Waals surface area contributed by atoms with Gasteiger partial charge in [-0.2, -0.15) is 4.31 Å². The van der Waals surface area contributed by atoms with Crippen molar-refractivity contribution < 1.29 is 22.7 Å². The third-order valence-corrected chi connectivity index (χ3v) is 8.07. The van der Waals surface area contributed by atoms with E-state index in [2.05, 4.69) is 0 Å². The predicted molar refractivity (Wildman–Crippen MR) is 130 cm³/mol. The maximum absolute atomic E-state index is 13.4. The molecule has 0 N–H and O–H groups in total. The maximum atomic E-state index is 13.4. The first-order chi connectivity index (χ1) is 16.4. The molecule has 1 fully saturated rings. The zero-order chi connectivity index (χ0) is 24.1. The Hall–Kier alpha value is -2.94. The average molecular weight is 483 g/mol. The fourth-order valence-electron chi connectivity index (χ4n) is 4.30. The standard InChI is InChI=1S/C26H30N2O5S/c1-3-33-26(29)19-28-20(2)23(18-24(28)21-9-5-4-6-10-21)17-22-11-7-8-12-25(22)34(30,31)27-13-15-32-16-14-27/h4-12,18H,3,13-17,19H2,1-2H3. The maximum Gasteiger partial charge on any atom is 0.325 e. The monoisotopic (exact) mass is 482 g/mol. The minimum Gasteiger partial charge on any atom is -0.465 e. The first kappa shape index (κ1) is 24.2. The van der Waals surface area contributed by atoms with Crippen molar-refractivity contribution in [2.24, 2.45) is 0 Å². The second-order valence-electron chi connectivity index (χ2n) is 8.20. The van der Waals surface area contributed by atoms with E-state index in [0.29, 0.717) is 44.2 Å². The summed E-state index contributed by atoms with van der Waals surface area (Å²) in [4.78, 5) is 12.7. The molecule has 180 valence electrons. The molecule has 2 heterocycles. The molecule has 1 aliphatic heterocycles. The van der Waals surface area contributed by atoms with Gasteiger partial charge in [0, 0.05) is 30.9 Å². The zero-order valence-corrected chi connectivity index (χ0v) is 20.4. The number of rotatable bonds is 8. The second-order valence-corrected chi connectivity index (χ2v) is 10.1. The molecule has 1 saturated heterocycles. The summed E-state index contributed by atoms with van der Waals surface area (Å²) in [5.74, 6) is -0.305. The van der Waals surface area contributed by atoms with Crippen LogP contribution in [-0.2, 0) is 37.3 Å². The number of esters is 1. The van der Waals surface area contributed by atoms with Crippen LogP contribution in [-0.4, -0.2) is 56.2 Å². The van der Waals surface area contributed by atoms with Gasteiger partial charge in [-0.1, -0.05) is 48.5 Å². The molecule has 0 unspecified atom stereocenters. The van der Waals surface area contributed by atoms with E-state index in [4.69, 9.17) is 9.47 Å². The van der Waals surface area contributed by atoms with Crippen molar-refractivity contribution in [1.82, 2.24) is 8.87 Å². The zero-order valence-electron chi connectivity index (χ0n) is 19.6. The van der Waals surface area contributed by atoms with Crippen molar-refractivity contribution in [3.05, 3.63) is 77.5 Å². The van der Waals surface area contributed by atoms with E-state index in [1.165, 1.54) is 4.31 Å². The highest BCUT2D eigenvalue weighted by molar-refractivity contribution is 7.89. The van der Waals surface area contributed by atoms with Gasteiger partial charge in [0.05, 0.1) is 24.7 Å². The third-order valence-electron chi connectivity index (χ3n) is 6.07. The van der Waals surface area contributed by atoms with Crippen LogP contribution in [0.25, 0.3) is 11.3 Å². The highest BCUT2D eigenvalue weighted by atomic mass is 32.2. The van der Waals surface area contributed by atoms with Crippen LogP contribution in [0.5, 0.6) is 0 Å². The fourth-order valence-corrected chi connectivity index (χ4v) is 5.93. The number of sulfonamides is 1. The third kappa shape index (κ3) is 5.09. The predicted octanol–water partition coefficient (Wildman–Crippen LogP) is 3.64. The average Bonchev–Trinajstić information content (AvgIpc) is 3.15. The molecule has 0 spiro atoms. The SMILES string of the molecule is CCOC(=O)Cn1c(-c2ccccc2)cc(Cc2ccccc2S(=O)(=O)N2CCOCC2)c1C. The Balaban J connectivity index is 1.73. The van der Waals surface area contributed by atoms with Crippen LogP contribution in [0.2, 0.25) is 0 Å². The second kappa shape index (κ2) is 10.5. The normalized spacial score (nSPS) is 14.8. The van der Waals surface area contributed by atoms with Crippen molar-refractivity contribution in [2.75, 3.05) is 32.9 Å². The van der Waals surface area contributed by atoms with Gasteiger partial charge in [-0.25, -0.2) is 8.42 Å². The summed E-state index contributed by atoms with van der Waals surface area (Å²) in [6, 6.07) is 19.0. The summed E-state index contributed by atoms with van der Waals surface area (Å²) in [7, 11) is -3.64. The van der Waals surface area contributed by atoms with E-state index in [0.717, 1.165) is 28.1 Å². The van der Waals surface area contributed by atoms with E-state index >= 15 is 0 Å². The Morgan fingerprint density at radius 3 is 2.38 bits per heavy atom. The molecule has 0 amide bonds. The molecule has 0 bridgehead atoms. The van der Waals surface area contributed by atoms with Gasteiger partial charge in [-0.15, -0.1) is 0 Å². The lowest BCUT2D eigenvalue weighted by Crippen LogP contribution is -2.40. The summed E-state index contributed by atoms with van der Waals surface area (Å²) in [6.45, 7) is 5.66. The lowest BCUT2D eigenvalue weighted by molar-refractivity contribution is -0.143. The lowest BCUT2D eigenvalue weighted by Gasteiger charge is -2.27. The number of aromatic nitrogens is 1. The van der Waals surface area contributed by atoms with Gasteiger partial charge in [0.1, 0.15) is 6.54 Å². The Morgan fingerprint density at radius 2 is 1.68 bits per heavy atom. The Morgan fingerprint density at radius 1 is 1.00 bits per heavy atom. The quantitative estimate of drug-likeness (QED) is 0.458. The molecule has 0 atom stereocenters. The first-order valence-electron chi connectivity index (χ1n) is 11.5. The molecule has 0 saturated carbocycles. The summed E-state index contributed by atoms with van der Waals surface area (Å²) in [6.07, 6.45) is 0.432. The number of carbonyl (C=O) groups excluding carboxylic acids is 1. The molecule has 4 rings (SSSR count). The highest BCUT2D eigenvalue weighted by Gasteiger charge is 2.28. The number of nitrogens with zero attached hydrogens (tertiary/aromatic N) is 2. The van der Waals surface area contributed by atoms with Gasteiger partial charge in [-0.05, 0) is 42.7 Å². The Labute approximate surface area is 201 Å². The van der Waals surface area contributed by atoms with Crippen LogP contribution in [0.4, 0.5) is 0 Å². The van der Waals surface area contributed by atoms with Crippen LogP contribution in [0.3, 0.4) is 0 Å². The van der Waals surface area contributed by atoms with Gasteiger partial charge >= 0.3 is 5.97 Å². The van der Waals surface area contributed by atoms with Crippen LogP contribution >= 0.6 is 0 Å². The molecule has 7 nitrogen and oxygen atoms in total. The topological polar surface area (TPSA) is 77.8 Å². The molecule has 1 aliphatic rings. The molecule has 8 heteroatoms. The van der Waals surface area contributed by atoms with Gasteiger partial charge in [-0.3, -0.25) is 4.79 Å². The van der Waals surface area contributed by atoms with Crippen molar-refractivity contribution in [2.45, 2.75) is 31.7 Å². The molecule has 2 aromatic carbocycles. The van der Waals surface area contributed by atoms with Crippen molar-refractivity contribution in [3.8, 4) is 11.3 Å². The Bertz CT molecular complexity index is 1250. The Kier molecular flexibility index (Phi) is 7.50. The van der Waals surface area contributed by atoms with Gasteiger partial charge in [0.15, 0.2) is 0 Å². The van der Waals surface area contributed by atoms with Crippen LogP contribution in [0.15, 0.2) is 65.6 Å². The number of benzene rings is 2. The van der Waals surface area contributed by atoms with E-state index < -0.39 is 10.0 Å². The molecule has 3 aromatic rings. The first-order valence-corrected chi connectivity index (χ1v) is 12.9. The number of morpholine rings is 1. The molecule has 0 radical (unpaired) electrons. The van der Waals surface area contributed by atoms with E-state index in [1.807, 2.05) is 60.0 Å². The summed E-state index contributed by atoms with van der Waals surface area (Å²) >= 11 is 0. The number of hydrogen-bond donors (Lipinski definition) is 0. The fraction of sp³-hybridized carbons (Fsp3) is 0.346. The summed E-state index contributed by atoms with van der Waals surface area (Å²) < 4.78 is 40.8. The van der Waals surface area contributed by atoms with E-state index in [1.54, 1.807) is 19.1 Å². The van der Waals surface area contributed by atoms with E-state index in [9.17, 15) is 13.2 Å². The summed E-state index contributed by atoms with van der Waals surface area (Å²) in [5, 5.41) is 0. The number of hydrogen-bond acceptors (Lipinski definition) is 5. The van der Waals surface area contributed by atoms with Crippen LogP contribution in [0, 0.1) is 6.92 Å². The molecule has 34 heavy (non-hydrogen) atoms.